The average molecular weight is 384 g/mol. The average Bonchev–Trinajstić information content (AvgIpc) is 3.40. The molecular weight excluding hydrogens is 354 g/mol. The van der Waals surface area contributed by atoms with Crippen molar-refractivity contribution >= 4 is 11.9 Å². The number of anilines is 1. The van der Waals surface area contributed by atoms with Crippen molar-refractivity contribution in [3.8, 4) is 0 Å². The zero-order chi connectivity index (χ0) is 19.7. The minimum atomic E-state index is 0.0718. The minimum Gasteiger partial charge on any atom is -0.341 e. The molecule has 2 saturated heterocycles. The van der Waals surface area contributed by atoms with Crippen LogP contribution in [0.3, 0.4) is 0 Å². The van der Waals surface area contributed by atoms with E-state index in [2.05, 4.69) is 32.2 Å². The first kappa shape index (κ1) is 18.9. The van der Waals surface area contributed by atoms with Crippen molar-refractivity contribution in [2.75, 3.05) is 31.6 Å². The molecule has 2 fully saturated rings. The molecule has 0 aromatic carbocycles. The Bertz CT molecular complexity index is 826. The highest BCUT2D eigenvalue weighted by atomic mass is 16.2. The maximum atomic E-state index is 12.3. The number of nitrogens with one attached hydrogen (secondary N) is 1. The SMILES string of the molecule is Cc1c([C@@H]2[C@@H](CNCc3cnc(N4CCCC4)nc3)CC(=O)N2C)cnn1C. The van der Waals surface area contributed by atoms with Crippen LogP contribution < -0.4 is 10.2 Å². The Balaban J connectivity index is 1.37. The van der Waals surface area contributed by atoms with Crippen molar-refractivity contribution in [2.45, 2.75) is 38.8 Å². The van der Waals surface area contributed by atoms with E-state index in [-0.39, 0.29) is 17.9 Å². The topological polar surface area (TPSA) is 79.2 Å². The van der Waals surface area contributed by atoms with Gasteiger partial charge in [-0.15, -0.1) is 0 Å². The molecule has 0 spiro atoms. The van der Waals surface area contributed by atoms with Crippen LogP contribution in [0, 0.1) is 12.8 Å². The van der Waals surface area contributed by atoms with Crippen LogP contribution in [0.4, 0.5) is 5.95 Å². The summed E-state index contributed by atoms with van der Waals surface area (Å²) in [5.41, 5.74) is 3.32. The third kappa shape index (κ3) is 3.61. The van der Waals surface area contributed by atoms with Gasteiger partial charge in [0.15, 0.2) is 0 Å². The number of carbonyl (C=O) groups excluding carboxylic acids is 1. The fourth-order valence-corrected chi connectivity index (χ4v) is 4.33. The molecule has 1 amide bonds. The molecule has 150 valence electrons. The molecule has 0 unspecified atom stereocenters. The van der Waals surface area contributed by atoms with Gasteiger partial charge in [0.25, 0.3) is 0 Å². The van der Waals surface area contributed by atoms with Gasteiger partial charge in [-0.3, -0.25) is 9.48 Å². The first-order valence-corrected chi connectivity index (χ1v) is 10.1. The second kappa shape index (κ2) is 7.87. The van der Waals surface area contributed by atoms with Gasteiger partial charge in [-0.2, -0.15) is 5.10 Å². The van der Waals surface area contributed by atoms with Crippen molar-refractivity contribution in [1.29, 1.82) is 0 Å². The van der Waals surface area contributed by atoms with Gasteiger partial charge in [-0.05, 0) is 19.8 Å². The summed E-state index contributed by atoms with van der Waals surface area (Å²) in [6, 6.07) is 0.0718. The van der Waals surface area contributed by atoms with Gasteiger partial charge in [0.05, 0.1) is 12.2 Å². The number of likely N-dealkylation sites (tertiary alicyclic amines) is 1. The zero-order valence-corrected chi connectivity index (χ0v) is 16.9. The molecule has 0 radical (unpaired) electrons. The summed E-state index contributed by atoms with van der Waals surface area (Å²) < 4.78 is 1.87. The van der Waals surface area contributed by atoms with Gasteiger partial charge < -0.3 is 15.1 Å². The summed E-state index contributed by atoms with van der Waals surface area (Å²) in [6.45, 7) is 5.63. The largest absolute Gasteiger partial charge is 0.341 e. The van der Waals surface area contributed by atoms with Gasteiger partial charge in [0.1, 0.15) is 0 Å². The number of hydrogen-bond acceptors (Lipinski definition) is 6. The highest BCUT2D eigenvalue weighted by Gasteiger charge is 2.39. The lowest BCUT2D eigenvalue weighted by Crippen LogP contribution is -2.29. The zero-order valence-electron chi connectivity index (χ0n) is 16.9. The highest BCUT2D eigenvalue weighted by molar-refractivity contribution is 5.79. The number of aromatic nitrogens is 4. The van der Waals surface area contributed by atoms with Crippen LogP contribution in [0.2, 0.25) is 0 Å². The fourth-order valence-electron chi connectivity index (χ4n) is 4.33. The number of aryl methyl sites for hydroxylation is 1. The van der Waals surface area contributed by atoms with Crippen LogP contribution in [0.1, 0.15) is 42.1 Å². The lowest BCUT2D eigenvalue weighted by atomic mass is 9.94. The van der Waals surface area contributed by atoms with E-state index in [1.807, 2.05) is 42.3 Å². The van der Waals surface area contributed by atoms with Crippen LogP contribution >= 0.6 is 0 Å². The Kier molecular flexibility index (Phi) is 5.30. The molecule has 2 aromatic heterocycles. The number of carbonyl (C=O) groups is 1. The van der Waals surface area contributed by atoms with Crippen molar-refractivity contribution in [2.24, 2.45) is 13.0 Å². The normalized spacial score (nSPS) is 22.5. The number of rotatable bonds is 6. The van der Waals surface area contributed by atoms with Crippen molar-refractivity contribution in [3.05, 3.63) is 35.4 Å². The van der Waals surface area contributed by atoms with Crippen LogP contribution in [-0.4, -0.2) is 57.2 Å². The number of hydrogen-bond donors (Lipinski definition) is 1. The number of amides is 1. The summed E-state index contributed by atoms with van der Waals surface area (Å²) in [6.07, 6.45) is 8.71. The van der Waals surface area contributed by atoms with Crippen LogP contribution in [-0.2, 0) is 18.4 Å². The van der Waals surface area contributed by atoms with E-state index in [4.69, 9.17) is 0 Å². The molecule has 0 saturated carbocycles. The third-order valence-corrected chi connectivity index (χ3v) is 6.10. The van der Waals surface area contributed by atoms with Gasteiger partial charge in [0.2, 0.25) is 11.9 Å². The molecule has 2 atom stereocenters. The second-order valence-corrected chi connectivity index (χ2v) is 7.94. The standard InChI is InChI=1S/C20H29N7O/c1-14-17(13-24-26(14)3)19-16(8-18(28)25(19)2)12-21-9-15-10-22-20(23-11-15)27-6-4-5-7-27/h10-11,13,16,19,21H,4-9,12H2,1-3H3/t16-,19+/m1/s1. The summed E-state index contributed by atoms with van der Waals surface area (Å²) in [5.74, 6) is 1.25. The Hall–Kier alpha value is -2.48. The molecule has 28 heavy (non-hydrogen) atoms. The Morgan fingerprint density at radius 1 is 1.14 bits per heavy atom. The molecular formula is C20H29N7O. The van der Waals surface area contributed by atoms with Gasteiger partial charge in [0, 0.05) is 81.8 Å². The molecule has 1 N–H and O–H groups in total. The van der Waals surface area contributed by atoms with Crippen LogP contribution in [0.25, 0.3) is 0 Å². The Morgan fingerprint density at radius 3 is 2.50 bits per heavy atom. The van der Waals surface area contributed by atoms with E-state index < -0.39 is 0 Å². The number of nitrogens with zero attached hydrogens (tertiary/aromatic N) is 6. The minimum absolute atomic E-state index is 0.0718. The van der Waals surface area contributed by atoms with E-state index in [1.165, 1.54) is 12.8 Å². The van der Waals surface area contributed by atoms with Crippen LogP contribution in [0.5, 0.6) is 0 Å². The highest BCUT2D eigenvalue weighted by Crippen LogP contribution is 2.37. The lowest BCUT2D eigenvalue weighted by Gasteiger charge is -2.25. The smallest absolute Gasteiger partial charge is 0.225 e. The van der Waals surface area contributed by atoms with Crippen molar-refractivity contribution in [3.63, 3.8) is 0 Å². The molecule has 4 heterocycles. The second-order valence-electron chi connectivity index (χ2n) is 7.94. The van der Waals surface area contributed by atoms with Crippen molar-refractivity contribution < 1.29 is 4.79 Å². The lowest BCUT2D eigenvalue weighted by molar-refractivity contribution is -0.127. The maximum Gasteiger partial charge on any atom is 0.225 e. The molecule has 8 heteroatoms. The molecule has 8 nitrogen and oxygen atoms in total. The first-order valence-electron chi connectivity index (χ1n) is 10.1. The van der Waals surface area contributed by atoms with Crippen LogP contribution in [0.15, 0.2) is 18.6 Å². The summed E-state index contributed by atoms with van der Waals surface area (Å²) in [7, 11) is 3.83. The summed E-state index contributed by atoms with van der Waals surface area (Å²) >= 11 is 0. The molecule has 2 aromatic rings. The fraction of sp³-hybridized carbons (Fsp3) is 0.600. The predicted octanol–water partition coefficient (Wildman–Crippen LogP) is 1.43. The molecule has 2 aliphatic heterocycles. The van der Waals surface area contributed by atoms with Gasteiger partial charge >= 0.3 is 0 Å². The predicted molar refractivity (Wildman–Crippen MR) is 107 cm³/mol. The Labute approximate surface area is 165 Å². The van der Waals surface area contributed by atoms with Crippen molar-refractivity contribution in [1.82, 2.24) is 30.0 Å². The molecule has 4 rings (SSSR count). The first-order chi connectivity index (χ1) is 13.5. The molecule has 0 aliphatic carbocycles. The van der Waals surface area contributed by atoms with E-state index in [0.29, 0.717) is 13.0 Å². The third-order valence-electron chi connectivity index (χ3n) is 6.10. The van der Waals surface area contributed by atoms with E-state index >= 15 is 0 Å². The Morgan fingerprint density at radius 2 is 1.86 bits per heavy atom. The summed E-state index contributed by atoms with van der Waals surface area (Å²) in [5, 5.41) is 7.86. The quantitative estimate of drug-likeness (QED) is 0.813. The summed E-state index contributed by atoms with van der Waals surface area (Å²) in [4.78, 5) is 25.5. The monoisotopic (exact) mass is 383 g/mol. The molecule has 2 aliphatic rings. The molecule has 0 bridgehead atoms. The van der Waals surface area contributed by atoms with E-state index in [9.17, 15) is 4.79 Å². The maximum absolute atomic E-state index is 12.3. The van der Waals surface area contributed by atoms with Gasteiger partial charge in [-0.1, -0.05) is 0 Å². The van der Waals surface area contributed by atoms with Gasteiger partial charge in [-0.25, -0.2) is 9.97 Å². The van der Waals surface area contributed by atoms with E-state index in [0.717, 1.165) is 42.4 Å². The van der Waals surface area contributed by atoms with E-state index in [1.54, 1.807) is 0 Å².